The number of rotatable bonds is 5. The molecular weight excluding hydrogens is 212 g/mol. The van der Waals surface area contributed by atoms with Gasteiger partial charge >= 0.3 is 0 Å². The number of likely N-dealkylation sites (tertiary alicyclic amines) is 1. The summed E-state index contributed by atoms with van der Waals surface area (Å²) in [4.78, 5) is 14.2. The van der Waals surface area contributed by atoms with Crippen LogP contribution in [0.5, 0.6) is 0 Å². The zero-order valence-corrected chi connectivity index (χ0v) is 11.2. The molecule has 2 atom stereocenters. The van der Waals surface area contributed by atoms with Crippen LogP contribution >= 0.6 is 0 Å². The molecule has 0 aromatic heterocycles. The van der Waals surface area contributed by atoms with Crippen molar-refractivity contribution in [2.45, 2.75) is 64.6 Å². The first-order valence-electron chi connectivity index (χ1n) is 6.62. The Labute approximate surface area is 105 Å². The summed E-state index contributed by atoms with van der Waals surface area (Å²) >= 11 is 0. The minimum absolute atomic E-state index is 0.0238. The molecule has 0 aromatic carbocycles. The zero-order chi connectivity index (χ0) is 12.8. The Morgan fingerprint density at radius 3 is 2.82 bits per heavy atom. The van der Waals surface area contributed by atoms with Crippen molar-refractivity contribution in [2.75, 3.05) is 6.54 Å². The van der Waals surface area contributed by atoms with Gasteiger partial charge in [0, 0.05) is 12.6 Å². The van der Waals surface area contributed by atoms with Crippen molar-refractivity contribution in [1.82, 2.24) is 10.2 Å². The van der Waals surface area contributed by atoms with Crippen molar-refractivity contribution in [3.8, 4) is 12.3 Å². The number of nitrogens with one attached hydrogen (secondary N) is 1. The van der Waals surface area contributed by atoms with Crippen LogP contribution < -0.4 is 5.32 Å². The van der Waals surface area contributed by atoms with Gasteiger partial charge in [0.05, 0.1) is 12.1 Å². The first-order chi connectivity index (χ1) is 8.10. The highest BCUT2D eigenvalue weighted by Gasteiger charge is 2.32. The van der Waals surface area contributed by atoms with Gasteiger partial charge in [0.1, 0.15) is 0 Å². The van der Waals surface area contributed by atoms with E-state index in [0.717, 1.165) is 32.2 Å². The van der Waals surface area contributed by atoms with Crippen LogP contribution in [0, 0.1) is 12.3 Å². The van der Waals surface area contributed by atoms with Crippen molar-refractivity contribution in [3.05, 3.63) is 0 Å². The van der Waals surface area contributed by atoms with Gasteiger partial charge < -0.3 is 10.2 Å². The van der Waals surface area contributed by atoms with E-state index < -0.39 is 0 Å². The molecule has 1 N–H and O–H groups in total. The lowest BCUT2D eigenvalue weighted by Gasteiger charge is -2.36. The number of carbonyl (C=O) groups excluding carboxylic acids is 1. The predicted molar refractivity (Wildman–Crippen MR) is 70.5 cm³/mol. The van der Waals surface area contributed by atoms with E-state index in [1.165, 1.54) is 0 Å². The Hall–Kier alpha value is -1.01. The molecule has 0 radical (unpaired) electrons. The Morgan fingerprint density at radius 1 is 1.59 bits per heavy atom. The van der Waals surface area contributed by atoms with Gasteiger partial charge in [0.15, 0.2) is 0 Å². The van der Waals surface area contributed by atoms with Crippen LogP contribution in [0.25, 0.3) is 0 Å². The van der Waals surface area contributed by atoms with E-state index >= 15 is 0 Å². The standard InChI is InChI=1S/C14H24N2O/c1-5-8-12(6-2)16-10-7-9-13(14(16)17)15-11(3)4/h2,11-13,15H,5,7-10H2,1,3-4H3. The monoisotopic (exact) mass is 236 g/mol. The average molecular weight is 236 g/mol. The highest BCUT2D eigenvalue weighted by atomic mass is 16.2. The Balaban J connectivity index is 2.67. The lowest BCUT2D eigenvalue weighted by atomic mass is 10.0. The molecule has 96 valence electrons. The fraction of sp³-hybridized carbons (Fsp3) is 0.786. The normalized spacial score (nSPS) is 22.6. The molecule has 1 fully saturated rings. The number of terminal acetylenes is 1. The fourth-order valence-corrected chi connectivity index (χ4v) is 2.37. The lowest BCUT2D eigenvalue weighted by molar-refractivity contribution is -0.137. The van der Waals surface area contributed by atoms with Crippen LogP contribution in [-0.4, -0.2) is 35.5 Å². The van der Waals surface area contributed by atoms with Gasteiger partial charge in [-0.25, -0.2) is 0 Å². The minimum Gasteiger partial charge on any atom is -0.327 e. The maximum absolute atomic E-state index is 12.3. The smallest absolute Gasteiger partial charge is 0.240 e. The van der Waals surface area contributed by atoms with Crippen LogP contribution in [0.1, 0.15) is 46.5 Å². The third kappa shape index (κ3) is 3.74. The number of nitrogens with zero attached hydrogens (tertiary/aromatic N) is 1. The number of hydrogen-bond acceptors (Lipinski definition) is 2. The summed E-state index contributed by atoms with van der Waals surface area (Å²) in [5.74, 6) is 2.94. The van der Waals surface area contributed by atoms with Gasteiger partial charge in [-0.3, -0.25) is 4.79 Å². The molecule has 1 saturated heterocycles. The second-order valence-electron chi connectivity index (χ2n) is 5.02. The van der Waals surface area contributed by atoms with Gasteiger partial charge in [-0.15, -0.1) is 6.42 Å². The second kappa shape index (κ2) is 6.66. The SMILES string of the molecule is C#CC(CCC)N1CCCC(NC(C)C)C1=O. The molecule has 2 unspecified atom stereocenters. The van der Waals surface area contributed by atoms with E-state index in [-0.39, 0.29) is 18.0 Å². The lowest BCUT2D eigenvalue weighted by Crippen LogP contribution is -2.55. The van der Waals surface area contributed by atoms with Crippen LogP contribution in [0.15, 0.2) is 0 Å². The van der Waals surface area contributed by atoms with Gasteiger partial charge in [-0.1, -0.05) is 33.1 Å². The van der Waals surface area contributed by atoms with Gasteiger partial charge in [-0.2, -0.15) is 0 Å². The first kappa shape index (κ1) is 14.1. The molecule has 0 spiro atoms. The van der Waals surface area contributed by atoms with Crippen molar-refractivity contribution in [2.24, 2.45) is 0 Å². The van der Waals surface area contributed by atoms with E-state index in [0.29, 0.717) is 6.04 Å². The first-order valence-corrected chi connectivity index (χ1v) is 6.62. The van der Waals surface area contributed by atoms with Crippen LogP contribution in [0.2, 0.25) is 0 Å². The molecule has 1 heterocycles. The number of amides is 1. The third-order valence-electron chi connectivity index (χ3n) is 3.14. The molecule has 0 bridgehead atoms. The van der Waals surface area contributed by atoms with E-state index in [1.807, 2.05) is 4.90 Å². The largest absolute Gasteiger partial charge is 0.327 e. The summed E-state index contributed by atoms with van der Waals surface area (Å²) in [6.07, 6.45) is 9.42. The highest BCUT2D eigenvalue weighted by molar-refractivity contribution is 5.83. The fourth-order valence-electron chi connectivity index (χ4n) is 2.37. The third-order valence-corrected chi connectivity index (χ3v) is 3.14. The van der Waals surface area contributed by atoms with Gasteiger partial charge in [0.25, 0.3) is 0 Å². The second-order valence-corrected chi connectivity index (χ2v) is 5.02. The van der Waals surface area contributed by atoms with Crippen molar-refractivity contribution in [1.29, 1.82) is 0 Å². The molecule has 1 rings (SSSR count). The number of carbonyl (C=O) groups is 1. The molecular formula is C14H24N2O. The molecule has 1 aliphatic rings. The summed E-state index contributed by atoms with van der Waals surface area (Å²) in [5, 5.41) is 3.32. The van der Waals surface area contributed by atoms with Gasteiger partial charge in [-0.05, 0) is 19.3 Å². The van der Waals surface area contributed by atoms with E-state index in [2.05, 4.69) is 32.0 Å². The Kier molecular flexibility index (Phi) is 5.50. The van der Waals surface area contributed by atoms with Gasteiger partial charge in [0.2, 0.25) is 5.91 Å². The van der Waals surface area contributed by atoms with Crippen molar-refractivity contribution in [3.63, 3.8) is 0 Å². The molecule has 0 saturated carbocycles. The highest BCUT2D eigenvalue weighted by Crippen LogP contribution is 2.17. The topological polar surface area (TPSA) is 32.3 Å². The van der Waals surface area contributed by atoms with E-state index in [9.17, 15) is 4.79 Å². The Bertz CT molecular complexity index is 293. The van der Waals surface area contributed by atoms with Crippen LogP contribution in [0.4, 0.5) is 0 Å². The zero-order valence-electron chi connectivity index (χ0n) is 11.2. The average Bonchev–Trinajstić information content (AvgIpc) is 2.29. The van der Waals surface area contributed by atoms with Crippen molar-refractivity contribution >= 4 is 5.91 Å². The van der Waals surface area contributed by atoms with E-state index in [4.69, 9.17) is 6.42 Å². The number of piperidine rings is 1. The molecule has 0 aliphatic carbocycles. The molecule has 3 nitrogen and oxygen atoms in total. The van der Waals surface area contributed by atoms with Crippen molar-refractivity contribution < 1.29 is 4.79 Å². The summed E-state index contributed by atoms with van der Waals surface area (Å²) in [6, 6.07) is 0.264. The van der Waals surface area contributed by atoms with E-state index in [1.54, 1.807) is 0 Å². The summed E-state index contributed by atoms with van der Waals surface area (Å²) < 4.78 is 0. The van der Waals surface area contributed by atoms with Crippen LogP contribution in [-0.2, 0) is 4.79 Å². The maximum Gasteiger partial charge on any atom is 0.240 e. The quantitative estimate of drug-likeness (QED) is 0.738. The summed E-state index contributed by atoms with van der Waals surface area (Å²) in [7, 11) is 0. The molecule has 3 heteroatoms. The summed E-state index contributed by atoms with van der Waals surface area (Å²) in [6.45, 7) is 7.04. The minimum atomic E-state index is -0.0449. The molecule has 17 heavy (non-hydrogen) atoms. The Morgan fingerprint density at radius 2 is 2.29 bits per heavy atom. The summed E-state index contributed by atoms with van der Waals surface area (Å²) in [5.41, 5.74) is 0. The molecule has 1 aliphatic heterocycles. The van der Waals surface area contributed by atoms with Crippen LogP contribution in [0.3, 0.4) is 0 Å². The predicted octanol–water partition coefficient (Wildman–Crippen LogP) is 1.78. The molecule has 0 aromatic rings. The maximum atomic E-state index is 12.3. The molecule has 1 amide bonds. The number of hydrogen-bond donors (Lipinski definition) is 1.